The third-order valence-electron chi connectivity index (χ3n) is 6.52. The van der Waals surface area contributed by atoms with Crippen LogP contribution in [0.25, 0.3) is 11.0 Å². The van der Waals surface area contributed by atoms with Crippen molar-refractivity contribution >= 4 is 22.7 Å². The summed E-state index contributed by atoms with van der Waals surface area (Å²) in [6, 6.07) is 14.2. The molecule has 30 heavy (non-hydrogen) atoms. The number of nitrogens with one attached hydrogen (secondary N) is 2. The number of pyridine rings is 1. The van der Waals surface area contributed by atoms with Gasteiger partial charge in [0.15, 0.2) is 0 Å². The van der Waals surface area contributed by atoms with Gasteiger partial charge in [-0.05, 0) is 44.2 Å². The second-order valence-electron chi connectivity index (χ2n) is 8.36. The minimum Gasteiger partial charge on any atom is -0.462 e. The molecule has 0 amide bonds. The SMILES string of the molecule is CCOC(=O)c1cnc2[nH]ccc2c1N[C@H]1C[C@H]2CC[C@@H](C1)N2Cc1ccccc1. The van der Waals surface area contributed by atoms with Gasteiger partial charge in [0.05, 0.1) is 12.3 Å². The highest BCUT2D eigenvalue weighted by molar-refractivity contribution is 6.04. The van der Waals surface area contributed by atoms with E-state index in [1.165, 1.54) is 18.4 Å². The van der Waals surface area contributed by atoms with Gasteiger partial charge in [0.2, 0.25) is 0 Å². The van der Waals surface area contributed by atoms with Crippen LogP contribution in [0.4, 0.5) is 5.69 Å². The van der Waals surface area contributed by atoms with Crippen LogP contribution < -0.4 is 5.32 Å². The molecule has 3 aromatic rings. The maximum absolute atomic E-state index is 12.5. The number of anilines is 1. The second-order valence-corrected chi connectivity index (χ2v) is 8.36. The molecular formula is C24H28N4O2. The summed E-state index contributed by atoms with van der Waals surface area (Å²) in [6.07, 6.45) is 8.15. The number of benzene rings is 1. The van der Waals surface area contributed by atoms with E-state index in [2.05, 4.69) is 50.5 Å². The highest BCUT2D eigenvalue weighted by atomic mass is 16.5. The Balaban J connectivity index is 1.36. The number of carbonyl (C=O) groups excluding carboxylic acids is 1. The molecule has 0 saturated carbocycles. The third kappa shape index (κ3) is 3.56. The van der Waals surface area contributed by atoms with Gasteiger partial charge >= 0.3 is 5.97 Å². The number of nitrogens with zero attached hydrogens (tertiary/aromatic N) is 2. The van der Waals surface area contributed by atoms with Gasteiger partial charge < -0.3 is 15.0 Å². The van der Waals surface area contributed by atoms with Crippen molar-refractivity contribution in [3.8, 4) is 0 Å². The molecule has 6 heteroatoms. The van der Waals surface area contributed by atoms with E-state index >= 15 is 0 Å². The molecule has 3 atom stereocenters. The molecule has 2 aliphatic rings. The average Bonchev–Trinajstić information content (AvgIpc) is 3.31. The lowest BCUT2D eigenvalue weighted by molar-refractivity contribution is 0.0527. The number of carbonyl (C=O) groups is 1. The lowest BCUT2D eigenvalue weighted by Gasteiger charge is -2.39. The Hall–Kier alpha value is -2.86. The largest absolute Gasteiger partial charge is 0.462 e. The van der Waals surface area contributed by atoms with Crippen LogP contribution in [0.5, 0.6) is 0 Å². The summed E-state index contributed by atoms with van der Waals surface area (Å²) in [4.78, 5) is 22.8. The zero-order valence-electron chi connectivity index (χ0n) is 17.3. The molecule has 156 valence electrons. The Bertz CT molecular complexity index is 1020. The lowest BCUT2D eigenvalue weighted by atomic mass is 9.95. The fraction of sp³-hybridized carbons (Fsp3) is 0.417. The molecule has 2 bridgehead atoms. The first-order valence-electron chi connectivity index (χ1n) is 10.9. The molecule has 1 aromatic carbocycles. The first kappa shape index (κ1) is 19.1. The van der Waals surface area contributed by atoms with Crippen molar-refractivity contribution in [3.63, 3.8) is 0 Å². The van der Waals surface area contributed by atoms with E-state index in [-0.39, 0.29) is 5.97 Å². The predicted molar refractivity (Wildman–Crippen MR) is 117 cm³/mol. The first-order valence-corrected chi connectivity index (χ1v) is 10.9. The predicted octanol–water partition coefficient (Wildman–Crippen LogP) is 4.35. The number of hydrogen-bond acceptors (Lipinski definition) is 5. The lowest BCUT2D eigenvalue weighted by Crippen LogP contribution is -2.46. The van der Waals surface area contributed by atoms with Crippen molar-refractivity contribution in [1.29, 1.82) is 0 Å². The number of esters is 1. The molecule has 5 rings (SSSR count). The highest BCUT2D eigenvalue weighted by Crippen LogP contribution is 2.39. The number of rotatable bonds is 6. The Morgan fingerprint density at radius 2 is 1.97 bits per heavy atom. The maximum Gasteiger partial charge on any atom is 0.341 e. The molecule has 2 fully saturated rings. The van der Waals surface area contributed by atoms with Gasteiger partial charge in [-0.15, -0.1) is 0 Å². The van der Waals surface area contributed by atoms with Crippen molar-refractivity contribution in [1.82, 2.24) is 14.9 Å². The van der Waals surface area contributed by atoms with E-state index in [0.717, 1.165) is 36.1 Å². The molecule has 2 N–H and O–H groups in total. The van der Waals surface area contributed by atoms with E-state index in [4.69, 9.17) is 4.74 Å². The first-order chi connectivity index (χ1) is 14.7. The minimum absolute atomic E-state index is 0.319. The standard InChI is InChI=1S/C24H28N4O2/c1-2-30-24(29)21-14-26-23-20(10-11-25-23)22(21)27-17-12-18-8-9-19(13-17)28(18)15-16-6-4-3-5-7-16/h3-7,10-11,14,17-19H,2,8-9,12-13,15H2,1H3,(H2,25,26,27)/t17-,18+,19-. The number of piperidine rings is 1. The normalized spacial score (nSPS) is 23.6. The number of ether oxygens (including phenoxy) is 1. The molecular weight excluding hydrogens is 376 g/mol. The van der Waals surface area contributed by atoms with E-state index < -0.39 is 0 Å². The summed E-state index contributed by atoms with van der Waals surface area (Å²) in [6.45, 7) is 3.20. The molecule has 0 aliphatic carbocycles. The molecule has 2 aliphatic heterocycles. The topological polar surface area (TPSA) is 70.2 Å². The Kier molecular flexibility index (Phi) is 5.17. The Morgan fingerprint density at radius 3 is 2.70 bits per heavy atom. The average molecular weight is 405 g/mol. The third-order valence-corrected chi connectivity index (χ3v) is 6.52. The molecule has 0 radical (unpaired) electrons. The van der Waals surface area contributed by atoms with Gasteiger partial charge in [0.25, 0.3) is 0 Å². The molecule has 0 spiro atoms. The van der Waals surface area contributed by atoms with Gasteiger partial charge in [-0.3, -0.25) is 4.90 Å². The maximum atomic E-state index is 12.5. The smallest absolute Gasteiger partial charge is 0.341 e. The number of hydrogen-bond donors (Lipinski definition) is 2. The molecule has 6 nitrogen and oxygen atoms in total. The van der Waals surface area contributed by atoms with Gasteiger partial charge in [0.1, 0.15) is 11.2 Å². The van der Waals surface area contributed by atoms with Crippen LogP contribution in [0.15, 0.2) is 48.8 Å². The van der Waals surface area contributed by atoms with E-state index in [1.54, 1.807) is 6.20 Å². The summed E-state index contributed by atoms with van der Waals surface area (Å²) >= 11 is 0. The van der Waals surface area contributed by atoms with Crippen LogP contribution in [0.3, 0.4) is 0 Å². The fourth-order valence-electron chi connectivity index (χ4n) is 5.18. The van der Waals surface area contributed by atoms with Gasteiger partial charge in [-0.25, -0.2) is 9.78 Å². The van der Waals surface area contributed by atoms with Crippen LogP contribution in [0.2, 0.25) is 0 Å². The van der Waals surface area contributed by atoms with Crippen LogP contribution in [0.1, 0.15) is 48.5 Å². The summed E-state index contributed by atoms with van der Waals surface area (Å²) in [5.41, 5.74) is 3.53. The van der Waals surface area contributed by atoms with E-state index in [9.17, 15) is 4.79 Å². The summed E-state index contributed by atoms with van der Waals surface area (Å²) in [7, 11) is 0. The van der Waals surface area contributed by atoms with Crippen LogP contribution in [-0.2, 0) is 11.3 Å². The summed E-state index contributed by atoms with van der Waals surface area (Å²) in [5.74, 6) is -0.319. The van der Waals surface area contributed by atoms with Gasteiger partial charge in [0, 0.05) is 42.5 Å². The van der Waals surface area contributed by atoms with E-state index in [1.807, 2.05) is 19.2 Å². The zero-order valence-corrected chi connectivity index (χ0v) is 17.3. The quantitative estimate of drug-likeness (QED) is 0.598. The van der Waals surface area contributed by atoms with E-state index in [0.29, 0.717) is 30.3 Å². The fourth-order valence-corrected chi connectivity index (χ4v) is 5.18. The van der Waals surface area contributed by atoms with Gasteiger partial charge in [-0.1, -0.05) is 30.3 Å². The summed E-state index contributed by atoms with van der Waals surface area (Å²) < 4.78 is 5.28. The van der Waals surface area contributed by atoms with Crippen molar-refractivity contribution in [2.24, 2.45) is 0 Å². The Labute approximate surface area is 176 Å². The number of aromatic nitrogens is 2. The van der Waals surface area contributed by atoms with Crippen molar-refractivity contribution < 1.29 is 9.53 Å². The van der Waals surface area contributed by atoms with Crippen LogP contribution in [-0.4, -0.2) is 45.6 Å². The van der Waals surface area contributed by atoms with Gasteiger partial charge in [-0.2, -0.15) is 0 Å². The second kappa shape index (κ2) is 8.11. The van der Waals surface area contributed by atoms with Crippen molar-refractivity contribution in [3.05, 3.63) is 59.9 Å². The van der Waals surface area contributed by atoms with Crippen LogP contribution >= 0.6 is 0 Å². The number of H-pyrrole nitrogens is 1. The molecule has 4 heterocycles. The minimum atomic E-state index is -0.319. The molecule has 0 unspecified atom stereocenters. The zero-order chi connectivity index (χ0) is 20.5. The van der Waals surface area contributed by atoms with Crippen molar-refractivity contribution in [2.75, 3.05) is 11.9 Å². The highest BCUT2D eigenvalue weighted by Gasteiger charge is 2.40. The monoisotopic (exact) mass is 404 g/mol. The number of aromatic amines is 1. The Morgan fingerprint density at radius 1 is 1.20 bits per heavy atom. The van der Waals surface area contributed by atoms with Crippen LogP contribution in [0, 0.1) is 0 Å². The molecule has 2 aromatic heterocycles. The summed E-state index contributed by atoms with van der Waals surface area (Å²) in [5, 5.41) is 4.66. The molecule has 2 saturated heterocycles. The van der Waals surface area contributed by atoms with Crippen molar-refractivity contribution in [2.45, 2.75) is 57.3 Å². The number of fused-ring (bicyclic) bond motifs is 3.